The number of fused-ring (bicyclic) bond motifs is 1. The van der Waals surface area contributed by atoms with Gasteiger partial charge in [-0.25, -0.2) is 14.8 Å². The number of allylic oxidation sites excluding steroid dienone is 1. The van der Waals surface area contributed by atoms with Gasteiger partial charge in [0.15, 0.2) is 0 Å². The molecule has 0 saturated carbocycles. The van der Waals surface area contributed by atoms with Gasteiger partial charge in [0.2, 0.25) is 0 Å². The second-order valence-electron chi connectivity index (χ2n) is 13.8. The predicted octanol–water partition coefficient (Wildman–Crippen LogP) is 6.57. The highest BCUT2D eigenvalue weighted by Crippen LogP contribution is 2.38. The van der Waals surface area contributed by atoms with Gasteiger partial charge in [0.05, 0.1) is 17.4 Å². The number of piperidine rings is 1. The summed E-state index contributed by atoms with van der Waals surface area (Å²) in [5, 5.41) is 0. The zero-order valence-corrected chi connectivity index (χ0v) is 27.8. The Morgan fingerprint density at radius 2 is 1.86 bits per heavy atom. The molecule has 3 aromatic rings. The molecule has 0 unspecified atom stereocenters. The van der Waals surface area contributed by atoms with Crippen molar-refractivity contribution in [2.45, 2.75) is 91.4 Å². The highest BCUT2D eigenvalue weighted by molar-refractivity contribution is 6.76. The summed E-state index contributed by atoms with van der Waals surface area (Å²) in [6, 6.07) is 3.00. The number of aromatic nitrogens is 4. The summed E-state index contributed by atoms with van der Waals surface area (Å²) in [6.45, 7) is 23.1. The number of hydrogen-bond donors (Lipinski definition) is 0. The van der Waals surface area contributed by atoms with E-state index in [1.165, 1.54) is 0 Å². The highest BCUT2D eigenvalue weighted by Gasteiger charge is 2.30. The lowest BCUT2D eigenvalue weighted by molar-refractivity contribution is 0.0203. The number of likely N-dealkylation sites (tertiary alicyclic amines) is 1. The zero-order valence-electron chi connectivity index (χ0n) is 26.8. The topological polar surface area (TPSA) is 91.5 Å². The molecule has 4 rings (SSSR count). The SMILES string of the molecule is C=C(C)c1c(-c2cc(C)c(=O)n(C)c2)n(COCC[Si](C)(C)C)c2cnc(C3CCN(C(=O)OC(C)(C)C)CC3)nc12. The first-order valence-corrected chi connectivity index (χ1v) is 18.5. The van der Waals surface area contributed by atoms with Gasteiger partial charge in [-0.2, -0.15) is 0 Å². The van der Waals surface area contributed by atoms with Gasteiger partial charge in [0.25, 0.3) is 5.56 Å². The normalized spacial score (nSPS) is 14.9. The van der Waals surface area contributed by atoms with E-state index in [2.05, 4.69) is 30.8 Å². The molecule has 4 heterocycles. The maximum atomic E-state index is 12.6. The molecule has 228 valence electrons. The van der Waals surface area contributed by atoms with E-state index < -0.39 is 13.7 Å². The fourth-order valence-electron chi connectivity index (χ4n) is 5.36. The van der Waals surface area contributed by atoms with E-state index in [1.54, 1.807) is 16.5 Å². The summed E-state index contributed by atoms with van der Waals surface area (Å²) < 4.78 is 15.6. The Bertz CT molecular complexity index is 1510. The average molecular weight is 594 g/mol. The molecule has 1 aliphatic heterocycles. The molecule has 10 heteroatoms. The van der Waals surface area contributed by atoms with E-state index in [1.807, 2.05) is 53.1 Å². The van der Waals surface area contributed by atoms with Crippen molar-refractivity contribution < 1.29 is 14.3 Å². The quantitative estimate of drug-likeness (QED) is 0.217. The van der Waals surface area contributed by atoms with Crippen LogP contribution in [0.3, 0.4) is 0 Å². The Morgan fingerprint density at radius 1 is 1.19 bits per heavy atom. The van der Waals surface area contributed by atoms with Crippen LogP contribution in [0.1, 0.15) is 63.4 Å². The fraction of sp³-hybridized carbons (Fsp3) is 0.562. The maximum Gasteiger partial charge on any atom is 0.410 e. The molecule has 0 radical (unpaired) electrons. The predicted molar refractivity (Wildman–Crippen MR) is 172 cm³/mol. The van der Waals surface area contributed by atoms with Crippen LogP contribution in [-0.4, -0.2) is 63.5 Å². The van der Waals surface area contributed by atoms with E-state index in [-0.39, 0.29) is 17.6 Å². The van der Waals surface area contributed by atoms with Crippen LogP contribution in [0.25, 0.3) is 27.9 Å². The molecular formula is C32H47N5O4Si. The van der Waals surface area contributed by atoms with Gasteiger partial charge < -0.3 is 23.5 Å². The van der Waals surface area contributed by atoms with Crippen molar-refractivity contribution in [1.29, 1.82) is 0 Å². The molecular weight excluding hydrogens is 546 g/mol. The summed E-state index contributed by atoms with van der Waals surface area (Å²) in [6.07, 6.45) is 5.02. The largest absolute Gasteiger partial charge is 0.444 e. The minimum atomic E-state index is -1.25. The lowest BCUT2D eigenvalue weighted by atomic mass is 9.96. The lowest BCUT2D eigenvalue weighted by Crippen LogP contribution is -2.41. The fourth-order valence-corrected chi connectivity index (χ4v) is 6.12. The first kappa shape index (κ1) is 31.7. The highest BCUT2D eigenvalue weighted by atomic mass is 28.3. The number of carbonyl (C=O) groups excluding carboxylic acids is 1. The summed E-state index contributed by atoms with van der Waals surface area (Å²) in [5.41, 5.74) is 5.48. The van der Waals surface area contributed by atoms with E-state index in [4.69, 9.17) is 19.4 Å². The third kappa shape index (κ3) is 7.21. The molecule has 0 N–H and O–H groups in total. The smallest absolute Gasteiger partial charge is 0.410 e. The van der Waals surface area contributed by atoms with E-state index in [0.29, 0.717) is 32.0 Å². The molecule has 1 amide bonds. The van der Waals surface area contributed by atoms with Crippen molar-refractivity contribution in [2.24, 2.45) is 7.05 Å². The summed E-state index contributed by atoms with van der Waals surface area (Å²) in [5.74, 6) is 0.902. The molecule has 0 atom stereocenters. The van der Waals surface area contributed by atoms with E-state index in [0.717, 1.165) is 58.1 Å². The zero-order chi connectivity index (χ0) is 31.0. The van der Waals surface area contributed by atoms with Crippen molar-refractivity contribution in [3.63, 3.8) is 0 Å². The second kappa shape index (κ2) is 12.2. The number of amides is 1. The Balaban J connectivity index is 1.73. The molecule has 0 spiro atoms. The Hall–Kier alpha value is -3.24. The third-order valence-corrected chi connectivity index (χ3v) is 9.32. The standard InChI is InChI=1S/C32H47N5O4Si/c1-21(2)26-27-25(18-33-29(34-27)23-11-13-36(14-12-23)31(39)41-32(4,5)6)37(20-40-15-16-42(8,9)10)28(26)24-17-22(3)30(38)35(7)19-24/h17-19,23H,1,11-16,20H2,2-10H3. The van der Waals surface area contributed by atoms with Gasteiger partial charge >= 0.3 is 6.09 Å². The molecule has 0 bridgehead atoms. The molecule has 42 heavy (non-hydrogen) atoms. The summed E-state index contributed by atoms with van der Waals surface area (Å²) >= 11 is 0. The molecule has 0 aromatic carbocycles. The third-order valence-electron chi connectivity index (χ3n) is 7.61. The molecule has 0 aliphatic carbocycles. The lowest BCUT2D eigenvalue weighted by Gasteiger charge is -2.32. The van der Waals surface area contributed by atoms with Crippen LogP contribution in [0.4, 0.5) is 4.79 Å². The average Bonchev–Trinajstić information content (AvgIpc) is 3.21. The number of aryl methyl sites for hydroxylation is 2. The number of rotatable bonds is 8. The molecule has 1 saturated heterocycles. The van der Waals surface area contributed by atoms with Crippen LogP contribution in [0.2, 0.25) is 25.7 Å². The van der Waals surface area contributed by atoms with Gasteiger partial charge in [0, 0.05) is 63.6 Å². The van der Waals surface area contributed by atoms with Gasteiger partial charge in [-0.1, -0.05) is 26.2 Å². The number of ether oxygens (including phenoxy) is 2. The number of carbonyl (C=O) groups is 1. The Kier molecular flexibility index (Phi) is 9.18. The van der Waals surface area contributed by atoms with Crippen molar-refractivity contribution in [3.8, 4) is 11.3 Å². The van der Waals surface area contributed by atoms with E-state index in [9.17, 15) is 9.59 Å². The molecule has 3 aromatic heterocycles. The minimum Gasteiger partial charge on any atom is -0.444 e. The van der Waals surface area contributed by atoms with Gasteiger partial charge in [-0.3, -0.25) is 4.79 Å². The molecule has 9 nitrogen and oxygen atoms in total. The number of hydrogen-bond acceptors (Lipinski definition) is 6. The number of pyridine rings is 1. The Labute approximate surface area is 250 Å². The molecule has 1 aliphatic rings. The Morgan fingerprint density at radius 3 is 2.43 bits per heavy atom. The van der Waals surface area contributed by atoms with Crippen LogP contribution < -0.4 is 5.56 Å². The van der Waals surface area contributed by atoms with Gasteiger partial charge in [-0.05, 0) is 65.1 Å². The minimum absolute atomic E-state index is 0.0236. The first-order valence-electron chi connectivity index (χ1n) is 14.8. The van der Waals surface area contributed by atoms with Crippen LogP contribution in [-0.2, 0) is 23.3 Å². The number of nitrogens with zero attached hydrogens (tertiary/aromatic N) is 5. The molecule has 1 fully saturated rings. The van der Waals surface area contributed by atoms with Crippen LogP contribution in [0.5, 0.6) is 0 Å². The van der Waals surface area contributed by atoms with Gasteiger partial charge in [-0.15, -0.1) is 0 Å². The van der Waals surface area contributed by atoms with Crippen molar-refractivity contribution in [2.75, 3.05) is 19.7 Å². The summed E-state index contributed by atoms with van der Waals surface area (Å²) in [4.78, 5) is 36.9. The van der Waals surface area contributed by atoms with Gasteiger partial charge in [0.1, 0.15) is 23.7 Å². The maximum absolute atomic E-state index is 12.6. The first-order chi connectivity index (χ1) is 19.6. The second-order valence-corrected chi connectivity index (χ2v) is 19.4. The van der Waals surface area contributed by atoms with Crippen molar-refractivity contribution >= 4 is 30.8 Å². The van der Waals surface area contributed by atoms with Crippen molar-refractivity contribution in [1.82, 2.24) is 24.0 Å². The summed E-state index contributed by atoms with van der Waals surface area (Å²) in [7, 11) is 0.521. The van der Waals surface area contributed by atoms with E-state index >= 15 is 0 Å². The monoisotopic (exact) mass is 593 g/mol. The van der Waals surface area contributed by atoms with Crippen LogP contribution >= 0.6 is 0 Å². The van der Waals surface area contributed by atoms with Crippen LogP contribution in [0, 0.1) is 6.92 Å². The van der Waals surface area contributed by atoms with Crippen molar-refractivity contribution in [3.05, 3.63) is 52.3 Å². The van der Waals surface area contributed by atoms with Crippen LogP contribution in [0.15, 0.2) is 29.8 Å².